The molecule has 0 N–H and O–H groups in total. The topological polar surface area (TPSA) is 67.8 Å². The third-order valence-corrected chi connectivity index (χ3v) is 3.98. The second-order valence-electron chi connectivity index (χ2n) is 7.60. The van der Waals surface area contributed by atoms with Crippen molar-refractivity contribution in [3.8, 4) is 6.07 Å². The molecule has 0 bridgehead atoms. The quantitative estimate of drug-likeness (QED) is 0.600. The predicted molar refractivity (Wildman–Crippen MR) is 112 cm³/mol. The van der Waals surface area contributed by atoms with Crippen molar-refractivity contribution in [1.82, 2.24) is 9.13 Å². The molecule has 0 unspecified atom stereocenters. The minimum absolute atomic E-state index is 0.00722. The van der Waals surface area contributed by atoms with Crippen LogP contribution in [0, 0.1) is 29.1 Å². The van der Waals surface area contributed by atoms with Crippen LogP contribution in [0.25, 0.3) is 0 Å². The van der Waals surface area contributed by atoms with Crippen LogP contribution in [-0.2, 0) is 0 Å². The number of carbonyl (C=O) groups excluding carboxylic acids is 2. The van der Waals surface area contributed by atoms with Crippen molar-refractivity contribution in [2.24, 2.45) is 17.8 Å². The van der Waals surface area contributed by atoms with Crippen LogP contribution in [0.5, 0.6) is 0 Å². The molecule has 2 aromatic heterocycles. The summed E-state index contributed by atoms with van der Waals surface area (Å²) in [6.45, 7) is 8.38. The maximum Gasteiger partial charge on any atom is 0.254 e. The van der Waals surface area contributed by atoms with E-state index in [0.29, 0.717) is 18.3 Å². The summed E-state index contributed by atoms with van der Waals surface area (Å²) in [6.07, 6.45) is 12.5. The van der Waals surface area contributed by atoms with Gasteiger partial charge in [0.2, 0.25) is 5.91 Å². The molecule has 5 nitrogen and oxygen atoms in total. The lowest BCUT2D eigenvalue weighted by Crippen LogP contribution is -2.14. The molecule has 0 saturated carbocycles. The Hall–Kier alpha value is -2.87. The molecule has 0 aliphatic rings. The number of rotatable bonds is 7. The fourth-order valence-corrected chi connectivity index (χ4v) is 2.58. The molecule has 0 aliphatic carbocycles. The van der Waals surface area contributed by atoms with E-state index in [1.54, 1.807) is 35.4 Å². The number of nitriles is 1. The van der Waals surface area contributed by atoms with Crippen molar-refractivity contribution in [1.29, 1.82) is 5.26 Å². The zero-order valence-electron chi connectivity index (χ0n) is 17.3. The lowest BCUT2D eigenvalue weighted by Gasteiger charge is -2.10. The molecule has 28 heavy (non-hydrogen) atoms. The predicted octanol–water partition coefficient (Wildman–Crippen LogP) is 5.43. The Morgan fingerprint density at radius 1 is 0.929 bits per heavy atom. The number of nitrogens with zero attached hydrogens (tertiary/aromatic N) is 3. The van der Waals surface area contributed by atoms with Crippen LogP contribution in [-0.4, -0.2) is 20.9 Å². The van der Waals surface area contributed by atoms with E-state index in [4.69, 9.17) is 5.26 Å². The van der Waals surface area contributed by atoms with Gasteiger partial charge in [0.05, 0.1) is 12.0 Å². The van der Waals surface area contributed by atoms with Crippen molar-refractivity contribution < 1.29 is 9.59 Å². The van der Waals surface area contributed by atoms with Gasteiger partial charge in [0.1, 0.15) is 0 Å². The molecule has 0 radical (unpaired) electrons. The molecule has 0 aliphatic heterocycles. The number of aromatic nitrogens is 2. The van der Waals surface area contributed by atoms with E-state index in [-0.39, 0.29) is 17.7 Å². The molecule has 0 spiro atoms. The zero-order valence-corrected chi connectivity index (χ0v) is 17.3. The average Bonchev–Trinajstić information content (AvgIpc) is 3.34. The molecule has 0 saturated heterocycles. The van der Waals surface area contributed by atoms with Gasteiger partial charge in [-0.25, -0.2) is 0 Å². The summed E-state index contributed by atoms with van der Waals surface area (Å²) in [5.74, 6) is 0.901. The van der Waals surface area contributed by atoms with Gasteiger partial charge in [0, 0.05) is 31.2 Å². The van der Waals surface area contributed by atoms with Gasteiger partial charge in [-0.15, -0.1) is 0 Å². The fourth-order valence-electron chi connectivity index (χ4n) is 2.58. The Labute approximate surface area is 168 Å². The Bertz CT molecular complexity index is 763. The first-order valence-corrected chi connectivity index (χ1v) is 9.73. The summed E-state index contributed by atoms with van der Waals surface area (Å²) in [4.78, 5) is 23.0. The molecule has 5 heteroatoms. The van der Waals surface area contributed by atoms with Crippen molar-refractivity contribution in [2.45, 2.75) is 47.0 Å². The zero-order chi connectivity index (χ0) is 20.9. The maximum absolute atomic E-state index is 11.7. The van der Waals surface area contributed by atoms with Crippen LogP contribution in [0.4, 0.5) is 0 Å². The second-order valence-corrected chi connectivity index (χ2v) is 7.60. The van der Waals surface area contributed by atoms with E-state index in [1.807, 2.05) is 30.3 Å². The number of carbonyl (C=O) groups is 2. The summed E-state index contributed by atoms with van der Waals surface area (Å²) in [6, 6.07) is 9.49. The minimum atomic E-state index is -0.167. The second kappa shape index (κ2) is 12.5. The molecular formula is C23H31N3O2. The summed E-state index contributed by atoms with van der Waals surface area (Å²) < 4.78 is 3.10. The Morgan fingerprint density at radius 2 is 1.46 bits per heavy atom. The van der Waals surface area contributed by atoms with Gasteiger partial charge >= 0.3 is 0 Å². The Balaban J connectivity index is 0.000000283. The monoisotopic (exact) mass is 381 g/mol. The molecular weight excluding hydrogens is 350 g/mol. The lowest BCUT2D eigenvalue weighted by atomic mass is 9.95. The van der Waals surface area contributed by atoms with Gasteiger partial charge in [-0.3, -0.25) is 18.7 Å². The van der Waals surface area contributed by atoms with Gasteiger partial charge in [-0.1, -0.05) is 33.8 Å². The minimum Gasteiger partial charge on any atom is -0.295 e. The smallest absolute Gasteiger partial charge is 0.254 e. The van der Waals surface area contributed by atoms with Crippen molar-refractivity contribution >= 4 is 11.8 Å². The van der Waals surface area contributed by atoms with Gasteiger partial charge in [-0.05, 0) is 55.0 Å². The summed E-state index contributed by atoms with van der Waals surface area (Å²) in [5, 5.41) is 8.91. The van der Waals surface area contributed by atoms with Gasteiger partial charge in [0.15, 0.2) is 0 Å². The third kappa shape index (κ3) is 9.18. The standard InChI is InChI=1S/C12H16N2O.C11H15NO/c1-10(2)7-11(9-13)8-12(15)14-5-3-4-6-14;1-10(2)6-5-7-11(13)12-8-3-4-9-12/h3-6,10-11H,7-8H2,1-2H3;3-5,7-10H,6H2,1-2H3/b;7-5+/t11-;/m0./s1. The molecule has 0 aromatic carbocycles. The Morgan fingerprint density at radius 3 is 1.93 bits per heavy atom. The van der Waals surface area contributed by atoms with Crippen molar-refractivity contribution in [3.05, 3.63) is 61.2 Å². The van der Waals surface area contributed by atoms with Crippen LogP contribution < -0.4 is 0 Å². The van der Waals surface area contributed by atoms with Crippen LogP contribution in [0.3, 0.4) is 0 Å². The number of hydrogen-bond donors (Lipinski definition) is 0. The highest BCUT2D eigenvalue weighted by Crippen LogP contribution is 2.15. The van der Waals surface area contributed by atoms with E-state index in [2.05, 4.69) is 33.8 Å². The molecule has 150 valence electrons. The van der Waals surface area contributed by atoms with Gasteiger partial charge < -0.3 is 0 Å². The highest BCUT2D eigenvalue weighted by Gasteiger charge is 2.15. The molecule has 2 aromatic rings. The normalized spacial score (nSPS) is 11.9. The van der Waals surface area contributed by atoms with E-state index in [1.165, 1.54) is 4.57 Å². The first-order chi connectivity index (χ1) is 13.3. The van der Waals surface area contributed by atoms with Crippen LogP contribution in [0.2, 0.25) is 0 Å². The largest absolute Gasteiger partial charge is 0.295 e. The van der Waals surface area contributed by atoms with Crippen molar-refractivity contribution in [2.75, 3.05) is 0 Å². The molecule has 2 heterocycles. The summed E-state index contributed by atoms with van der Waals surface area (Å²) in [5.41, 5.74) is 0. The molecule has 2 rings (SSSR count). The van der Waals surface area contributed by atoms with E-state index >= 15 is 0 Å². The van der Waals surface area contributed by atoms with E-state index < -0.39 is 0 Å². The van der Waals surface area contributed by atoms with Gasteiger partial charge in [0.25, 0.3) is 5.91 Å². The first kappa shape index (κ1) is 23.2. The molecule has 1 atom stereocenters. The third-order valence-electron chi connectivity index (χ3n) is 3.98. The molecule has 0 amide bonds. The summed E-state index contributed by atoms with van der Waals surface area (Å²) in [7, 11) is 0. The van der Waals surface area contributed by atoms with Crippen LogP contribution >= 0.6 is 0 Å². The number of allylic oxidation sites excluding steroid dienone is 2. The average molecular weight is 382 g/mol. The maximum atomic E-state index is 11.7. The fraction of sp³-hybridized carbons (Fsp3) is 0.435. The first-order valence-electron chi connectivity index (χ1n) is 9.73. The Kier molecular flexibility index (Phi) is 10.3. The summed E-state index contributed by atoms with van der Waals surface area (Å²) >= 11 is 0. The SMILES string of the molecule is CC(C)C/C=C/C(=O)n1cccc1.CC(C)C[C@H](C#N)CC(=O)n1cccc1. The molecule has 0 fully saturated rings. The van der Waals surface area contributed by atoms with E-state index in [9.17, 15) is 9.59 Å². The van der Waals surface area contributed by atoms with Crippen LogP contribution in [0.1, 0.15) is 56.5 Å². The highest BCUT2D eigenvalue weighted by molar-refractivity contribution is 5.89. The van der Waals surface area contributed by atoms with Gasteiger partial charge in [-0.2, -0.15) is 5.26 Å². The number of hydrogen-bond acceptors (Lipinski definition) is 3. The van der Waals surface area contributed by atoms with E-state index in [0.717, 1.165) is 12.8 Å². The lowest BCUT2D eigenvalue weighted by molar-refractivity contribution is 0.0885. The van der Waals surface area contributed by atoms with Crippen molar-refractivity contribution in [3.63, 3.8) is 0 Å². The van der Waals surface area contributed by atoms with Crippen LogP contribution in [0.15, 0.2) is 61.2 Å². The highest BCUT2D eigenvalue weighted by atomic mass is 16.2.